The lowest BCUT2D eigenvalue weighted by Gasteiger charge is -2.37. The summed E-state index contributed by atoms with van der Waals surface area (Å²) < 4.78 is 77.5. The number of rotatable bonds is 6. The van der Waals surface area contributed by atoms with Crippen molar-refractivity contribution in [1.82, 2.24) is 4.98 Å². The van der Waals surface area contributed by atoms with Crippen LogP contribution in [0.15, 0.2) is 48.2 Å². The monoisotopic (exact) mass is 572 g/mol. The molecule has 3 aliphatic rings. The van der Waals surface area contributed by atoms with Gasteiger partial charge in [-0.15, -0.1) is 0 Å². The Labute approximate surface area is 231 Å². The van der Waals surface area contributed by atoms with Gasteiger partial charge in [0.15, 0.2) is 0 Å². The minimum absolute atomic E-state index is 0.0886. The first-order valence-corrected chi connectivity index (χ1v) is 13.1. The number of halogens is 5. The summed E-state index contributed by atoms with van der Waals surface area (Å²) in [5.41, 5.74) is -0.485. The van der Waals surface area contributed by atoms with E-state index in [9.17, 15) is 32.6 Å². The summed E-state index contributed by atoms with van der Waals surface area (Å²) in [5.74, 6) is -3.65. The summed E-state index contributed by atoms with van der Waals surface area (Å²) in [5, 5.41) is 19.4. The lowest BCUT2D eigenvalue weighted by Crippen LogP contribution is -2.42. The molecule has 0 spiro atoms. The van der Waals surface area contributed by atoms with E-state index in [0.29, 0.717) is 37.7 Å². The summed E-state index contributed by atoms with van der Waals surface area (Å²) in [7, 11) is 0. The maximum absolute atomic E-state index is 15.3. The molecule has 1 aliphatic heterocycles. The van der Waals surface area contributed by atoms with Crippen LogP contribution in [0.25, 0.3) is 17.2 Å². The SMILES string of the molecule is CC1(O)CCN(c2ccc(-c3cc(COc4cc5c(cn4)[C@H]4C(=C5)[C@@H]4C(=O)O)c(F)cc3C(F)(F)F)c(F)c2)CC1. The van der Waals surface area contributed by atoms with E-state index in [0.717, 1.165) is 28.8 Å². The molecule has 214 valence electrons. The zero-order valence-electron chi connectivity index (χ0n) is 21.8. The number of carbonyl (C=O) groups is 1. The van der Waals surface area contributed by atoms with Crippen molar-refractivity contribution in [2.24, 2.45) is 5.92 Å². The highest BCUT2D eigenvalue weighted by molar-refractivity contribution is 5.90. The van der Waals surface area contributed by atoms with E-state index >= 15 is 4.39 Å². The van der Waals surface area contributed by atoms with E-state index in [-0.39, 0.29) is 22.9 Å². The Bertz CT molecular complexity index is 1590. The van der Waals surface area contributed by atoms with Crippen molar-refractivity contribution in [2.75, 3.05) is 18.0 Å². The number of alkyl halides is 3. The molecule has 6 nitrogen and oxygen atoms in total. The van der Waals surface area contributed by atoms with Gasteiger partial charge >= 0.3 is 12.1 Å². The number of fused-ring (bicyclic) bond motifs is 3. The van der Waals surface area contributed by atoms with E-state index in [1.54, 1.807) is 19.1 Å². The van der Waals surface area contributed by atoms with Crippen LogP contribution in [-0.4, -0.2) is 39.9 Å². The molecule has 2 atom stereocenters. The minimum Gasteiger partial charge on any atom is -0.481 e. The Kier molecular flexibility index (Phi) is 6.33. The van der Waals surface area contributed by atoms with Crippen LogP contribution in [0.1, 0.15) is 47.9 Å². The molecule has 0 unspecified atom stereocenters. The van der Waals surface area contributed by atoms with Crippen LogP contribution in [0.3, 0.4) is 0 Å². The molecule has 6 rings (SSSR count). The van der Waals surface area contributed by atoms with Crippen LogP contribution >= 0.6 is 0 Å². The molecule has 41 heavy (non-hydrogen) atoms. The lowest BCUT2D eigenvalue weighted by atomic mass is 9.93. The van der Waals surface area contributed by atoms with E-state index in [1.807, 2.05) is 4.90 Å². The van der Waals surface area contributed by atoms with E-state index in [4.69, 9.17) is 4.74 Å². The molecular formula is C30H25F5N2O4. The standard InChI is InChI=1S/C30H25F5N2O4/c1-29(40)4-6-37(7-5-29)17-2-3-18(24(32)11-17)19-9-16(23(31)12-22(19)30(33,34)35)14-41-25-10-15-8-20-26(21(15)13-36-25)27(20)28(38)39/h2-3,8-13,26-27,40H,4-7,14H2,1H3,(H,38,39)/t26-,27+/m1/s1. The Balaban J connectivity index is 1.26. The molecule has 0 amide bonds. The van der Waals surface area contributed by atoms with Crippen molar-refractivity contribution in [3.8, 4) is 17.0 Å². The van der Waals surface area contributed by atoms with Crippen LogP contribution in [0.5, 0.6) is 5.88 Å². The minimum atomic E-state index is -4.94. The number of hydrogen-bond acceptors (Lipinski definition) is 5. The second-order valence-corrected chi connectivity index (χ2v) is 11.0. The van der Waals surface area contributed by atoms with Gasteiger partial charge in [-0.1, -0.05) is 6.08 Å². The average Bonchev–Trinajstić information content (AvgIpc) is 3.49. The van der Waals surface area contributed by atoms with E-state index in [1.165, 1.54) is 18.3 Å². The number of aliphatic hydroxyl groups is 1. The maximum Gasteiger partial charge on any atom is 0.417 e. The fourth-order valence-electron chi connectivity index (χ4n) is 5.71. The van der Waals surface area contributed by atoms with Crippen LogP contribution in [-0.2, 0) is 17.6 Å². The predicted octanol–water partition coefficient (Wildman–Crippen LogP) is 6.17. The normalized spacial score (nSPS) is 20.8. The Morgan fingerprint density at radius 1 is 1.10 bits per heavy atom. The number of anilines is 1. The van der Waals surface area contributed by atoms with Crippen LogP contribution in [0, 0.1) is 17.6 Å². The molecule has 2 aliphatic carbocycles. The fourth-order valence-corrected chi connectivity index (χ4v) is 5.71. The summed E-state index contributed by atoms with van der Waals surface area (Å²) in [4.78, 5) is 17.3. The quantitative estimate of drug-likeness (QED) is 0.344. The van der Waals surface area contributed by atoms with Crippen molar-refractivity contribution in [3.05, 3.63) is 82.1 Å². The van der Waals surface area contributed by atoms with Crippen molar-refractivity contribution >= 4 is 17.7 Å². The molecule has 1 saturated carbocycles. The Morgan fingerprint density at radius 3 is 2.49 bits per heavy atom. The van der Waals surface area contributed by atoms with Crippen LogP contribution in [0.4, 0.5) is 27.6 Å². The van der Waals surface area contributed by atoms with Gasteiger partial charge in [-0.25, -0.2) is 13.8 Å². The first kappa shape index (κ1) is 27.2. The zero-order valence-corrected chi connectivity index (χ0v) is 21.8. The third kappa shape index (κ3) is 5.03. The van der Waals surface area contributed by atoms with Gasteiger partial charge in [-0.3, -0.25) is 4.79 Å². The number of pyridine rings is 1. The topological polar surface area (TPSA) is 82.9 Å². The Hall–Kier alpha value is -3.99. The highest BCUT2D eigenvalue weighted by Crippen LogP contribution is 2.59. The number of aliphatic carboxylic acids is 1. The number of benzene rings is 2. The van der Waals surface area contributed by atoms with Gasteiger partial charge < -0.3 is 19.8 Å². The van der Waals surface area contributed by atoms with Gasteiger partial charge in [0.2, 0.25) is 5.88 Å². The molecule has 1 aromatic heterocycles. The maximum atomic E-state index is 15.3. The number of ether oxygens (including phenoxy) is 1. The number of carboxylic acids is 1. The first-order valence-electron chi connectivity index (χ1n) is 13.1. The van der Waals surface area contributed by atoms with Crippen molar-refractivity contribution in [1.29, 1.82) is 0 Å². The molecule has 1 saturated heterocycles. The van der Waals surface area contributed by atoms with E-state index in [2.05, 4.69) is 4.98 Å². The van der Waals surface area contributed by atoms with Gasteiger partial charge in [0.25, 0.3) is 0 Å². The number of aromatic nitrogens is 1. The summed E-state index contributed by atoms with van der Waals surface area (Å²) >= 11 is 0. The molecule has 2 fully saturated rings. The summed E-state index contributed by atoms with van der Waals surface area (Å²) in [6.45, 7) is 2.19. The molecule has 2 heterocycles. The average molecular weight is 573 g/mol. The highest BCUT2D eigenvalue weighted by Gasteiger charge is 2.54. The van der Waals surface area contributed by atoms with Crippen molar-refractivity contribution in [3.63, 3.8) is 0 Å². The highest BCUT2D eigenvalue weighted by atomic mass is 19.4. The first-order chi connectivity index (χ1) is 19.3. The molecular weight excluding hydrogens is 547 g/mol. The fraction of sp³-hybridized carbons (Fsp3) is 0.333. The molecule has 0 radical (unpaired) electrons. The van der Waals surface area contributed by atoms with Crippen LogP contribution in [0.2, 0.25) is 0 Å². The van der Waals surface area contributed by atoms with Gasteiger partial charge in [0.05, 0.1) is 17.1 Å². The number of piperidine rings is 1. The second-order valence-electron chi connectivity index (χ2n) is 11.0. The molecule has 0 bridgehead atoms. The molecule has 11 heteroatoms. The molecule has 2 aromatic carbocycles. The lowest BCUT2D eigenvalue weighted by molar-refractivity contribution is -0.138. The third-order valence-electron chi connectivity index (χ3n) is 8.13. The number of hydrogen-bond donors (Lipinski definition) is 2. The van der Waals surface area contributed by atoms with Gasteiger partial charge in [0, 0.05) is 48.1 Å². The third-order valence-corrected chi connectivity index (χ3v) is 8.13. The summed E-state index contributed by atoms with van der Waals surface area (Å²) in [6, 6.07) is 6.76. The molecule has 2 N–H and O–H groups in total. The van der Waals surface area contributed by atoms with Crippen molar-refractivity contribution in [2.45, 2.75) is 44.1 Å². The van der Waals surface area contributed by atoms with Crippen LogP contribution < -0.4 is 9.64 Å². The second kappa shape index (κ2) is 9.54. The van der Waals surface area contributed by atoms with Gasteiger partial charge in [0.1, 0.15) is 18.2 Å². The smallest absolute Gasteiger partial charge is 0.417 e. The van der Waals surface area contributed by atoms with E-state index < -0.39 is 53.0 Å². The number of nitrogens with zero attached hydrogens (tertiary/aromatic N) is 2. The predicted molar refractivity (Wildman–Crippen MR) is 139 cm³/mol. The Morgan fingerprint density at radius 2 is 1.83 bits per heavy atom. The van der Waals surface area contributed by atoms with Gasteiger partial charge in [-0.05, 0) is 72.4 Å². The molecule has 3 aromatic rings. The zero-order chi connectivity index (χ0) is 29.3. The van der Waals surface area contributed by atoms with Crippen molar-refractivity contribution < 1.29 is 41.7 Å². The summed E-state index contributed by atoms with van der Waals surface area (Å²) in [6.07, 6.45) is -0.784. The van der Waals surface area contributed by atoms with Gasteiger partial charge in [-0.2, -0.15) is 13.2 Å². The largest absolute Gasteiger partial charge is 0.481 e. The number of carboxylic acid groups (broad SMARTS) is 1.